The maximum absolute atomic E-state index is 12.7. The average molecular weight is 422 g/mol. The van der Waals surface area contributed by atoms with Crippen molar-refractivity contribution < 1.29 is 49.6 Å². The van der Waals surface area contributed by atoms with Crippen molar-refractivity contribution in [3.63, 3.8) is 0 Å². The summed E-state index contributed by atoms with van der Waals surface area (Å²) in [6.07, 6.45) is -7.66. The number of rotatable bonds is 3. The molecule has 7 N–H and O–H groups in total. The lowest BCUT2D eigenvalue weighted by Crippen LogP contribution is -2.60. The molecule has 11 nitrogen and oxygen atoms in total. The summed E-state index contributed by atoms with van der Waals surface area (Å²) < 4.78 is 16.1. The Morgan fingerprint density at radius 2 is 1.70 bits per heavy atom. The van der Waals surface area contributed by atoms with Crippen LogP contribution < -0.4 is 10.2 Å². The summed E-state index contributed by atoms with van der Waals surface area (Å²) in [6, 6.07) is 4.55. The number of aliphatic hydroxyl groups is 4. The van der Waals surface area contributed by atoms with Gasteiger partial charge >= 0.3 is 0 Å². The van der Waals surface area contributed by atoms with Crippen LogP contribution in [0.1, 0.15) is 0 Å². The normalized spacial score (nSPS) is 26.9. The van der Waals surface area contributed by atoms with Gasteiger partial charge in [-0.15, -0.1) is 0 Å². The molecule has 0 saturated carbocycles. The van der Waals surface area contributed by atoms with Crippen LogP contribution in [-0.4, -0.2) is 73.1 Å². The van der Waals surface area contributed by atoms with Crippen LogP contribution in [0.5, 0.6) is 23.0 Å². The monoisotopic (exact) mass is 422 g/mol. The lowest BCUT2D eigenvalue weighted by Gasteiger charge is -2.39. The molecule has 5 atom stereocenters. The van der Waals surface area contributed by atoms with Crippen molar-refractivity contribution in [1.29, 1.82) is 0 Å². The number of hydrogen-bond acceptors (Lipinski definition) is 11. The number of phenols is 3. The highest BCUT2D eigenvalue weighted by Gasteiger charge is 2.44. The van der Waals surface area contributed by atoms with Gasteiger partial charge in [-0.25, -0.2) is 0 Å². The molecule has 3 aromatic rings. The highest BCUT2D eigenvalue weighted by atomic mass is 16.7. The predicted molar refractivity (Wildman–Crippen MR) is 99.4 cm³/mol. The zero-order valence-corrected chi connectivity index (χ0v) is 15.2. The Balaban J connectivity index is 1.78. The van der Waals surface area contributed by atoms with Crippen LogP contribution in [-0.2, 0) is 4.74 Å². The van der Waals surface area contributed by atoms with Gasteiger partial charge in [0, 0.05) is 12.1 Å². The summed E-state index contributed by atoms with van der Waals surface area (Å²) in [4.78, 5) is 12.7. The molecule has 0 radical (unpaired) electrons. The molecule has 0 aliphatic carbocycles. The Morgan fingerprint density at radius 1 is 0.967 bits per heavy atom. The third-order valence-corrected chi connectivity index (χ3v) is 4.95. The standard InChI is InChI=1S/C19H18O11/c20-5-11-15(25)16(26)17(27)19(30-11)28-6-3-9(22)12-10(4-6)29-18-7(13(12)23)1-2-8(21)14(18)24/h1-4,11,15-17,19-22,24-27H,5H2/t11-,15-,16+,17-,19-/m1/s1. The maximum atomic E-state index is 12.7. The zero-order valence-electron chi connectivity index (χ0n) is 15.2. The Morgan fingerprint density at radius 3 is 2.40 bits per heavy atom. The first-order chi connectivity index (χ1) is 14.2. The molecule has 11 heteroatoms. The lowest BCUT2D eigenvalue weighted by atomic mass is 9.99. The van der Waals surface area contributed by atoms with Crippen LogP contribution >= 0.6 is 0 Å². The largest absolute Gasteiger partial charge is 0.507 e. The molecule has 160 valence electrons. The topological polar surface area (TPSA) is 190 Å². The molecule has 1 fully saturated rings. The second kappa shape index (κ2) is 7.31. The van der Waals surface area contributed by atoms with Crippen molar-refractivity contribution in [2.24, 2.45) is 0 Å². The Labute approximate surface area is 167 Å². The van der Waals surface area contributed by atoms with Gasteiger partial charge in [-0.2, -0.15) is 0 Å². The smallest absolute Gasteiger partial charge is 0.229 e. The summed E-state index contributed by atoms with van der Waals surface area (Å²) in [5.74, 6) is -1.85. The fourth-order valence-electron chi connectivity index (χ4n) is 3.34. The molecule has 1 aliphatic heterocycles. The first-order valence-electron chi connectivity index (χ1n) is 8.84. The number of ether oxygens (including phenoxy) is 2. The number of phenolic OH excluding ortho intramolecular Hbond substituents is 3. The molecule has 0 spiro atoms. The van der Waals surface area contributed by atoms with Crippen LogP contribution in [0.3, 0.4) is 0 Å². The van der Waals surface area contributed by atoms with Gasteiger partial charge in [-0.1, -0.05) is 0 Å². The van der Waals surface area contributed by atoms with E-state index in [2.05, 4.69) is 0 Å². The van der Waals surface area contributed by atoms with E-state index >= 15 is 0 Å². The highest BCUT2D eigenvalue weighted by molar-refractivity contribution is 5.96. The number of hydrogen-bond donors (Lipinski definition) is 7. The van der Waals surface area contributed by atoms with Gasteiger partial charge < -0.3 is 49.6 Å². The van der Waals surface area contributed by atoms with E-state index in [1.54, 1.807) is 0 Å². The predicted octanol–water partition coefficient (Wildman–Crippen LogP) is -0.758. The van der Waals surface area contributed by atoms with Gasteiger partial charge in [0.05, 0.1) is 12.0 Å². The van der Waals surface area contributed by atoms with Crippen molar-refractivity contribution in [2.45, 2.75) is 30.7 Å². The molecule has 30 heavy (non-hydrogen) atoms. The fraction of sp³-hybridized carbons (Fsp3) is 0.316. The Bertz CT molecular complexity index is 1170. The molecule has 0 amide bonds. The molecule has 0 unspecified atom stereocenters. The molecule has 2 heterocycles. The van der Waals surface area contributed by atoms with Crippen LogP contribution in [0.4, 0.5) is 0 Å². The van der Waals surface area contributed by atoms with E-state index in [0.717, 1.165) is 12.1 Å². The summed E-state index contributed by atoms with van der Waals surface area (Å²) in [5, 5.41) is 68.6. The summed E-state index contributed by atoms with van der Waals surface area (Å²) in [6.45, 7) is -0.655. The van der Waals surface area contributed by atoms with Gasteiger partial charge in [-0.3, -0.25) is 4.79 Å². The Kier molecular flexibility index (Phi) is 4.92. The minimum atomic E-state index is -1.69. The third-order valence-electron chi connectivity index (χ3n) is 4.95. The second-order valence-electron chi connectivity index (χ2n) is 6.87. The van der Waals surface area contributed by atoms with Gasteiger partial charge in [0.2, 0.25) is 17.5 Å². The number of benzene rings is 2. The van der Waals surface area contributed by atoms with Crippen molar-refractivity contribution in [3.8, 4) is 23.0 Å². The minimum Gasteiger partial charge on any atom is -0.507 e. The summed E-state index contributed by atoms with van der Waals surface area (Å²) in [5.41, 5.74) is -1.18. The van der Waals surface area contributed by atoms with Gasteiger partial charge in [0.15, 0.2) is 11.3 Å². The average Bonchev–Trinajstić information content (AvgIpc) is 2.71. The maximum Gasteiger partial charge on any atom is 0.229 e. The molecular weight excluding hydrogens is 404 g/mol. The van der Waals surface area contributed by atoms with E-state index in [4.69, 9.17) is 13.9 Å². The van der Waals surface area contributed by atoms with Crippen molar-refractivity contribution in [2.75, 3.05) is 6.61 Å². The first-order valence-corrected chi connectivity index (χ1v) is 8.84. The van der Waals surface area contributed by atoms with Gasteiger partial charge in [0.1, 0.15) is 46.9 Å². The molecular formula is C19H18O11. The van der Waals surface area contributed by atoms with Crippen LogP contribution in [0.2, 0.25) is 0 Å². The van der Waals surface area contributed by atoms with Gasteiger partial charge in [-0.05, 0) is 12.1 Å². The van der Waals surface area contributed by atoms with Crippen LogP contribution in [0.25, 0.3) is 21.9 Å². The summed E-state index contributed by atoms with van der Waals surface area (Å²) in [7, 11) is 0. The molecule has 1 aromatic heterocycles. The fourth-order valence-corrected chi connectivity index (χ4v) is 3.34. The Hall–Kier alpha value is -3.09. The van der Waals surface area contributed by atoms with E-state index in [-0.39, 0.29) is 27.7 Å². The highest BCUT2D eigenvalue weighted by Crippen LogP contribution is 2.37. The number of aromatic hydroxyl groups is 3. The molecule has 4 rings (SSSR count). The number of aliphatic hydroxyl groups excluding tert-OH is 4. The van der Waals surface area contributed by atoms with Crippen molar-refractivity contribution in [1.82, 2.24) is 0 Å². The van der Waals surface area contributed by atoms with Crippen LogP contribution in [0.15, 0.2) is 33.5 Å². The van der Waals surface area contributed by atoms with E-state index < -0.39 is 60.0 Å². The third kappa shape index (κ3) is 3.09. The van der Waals surface area contributed by atoms with Crippen molar-refractivity contribution in [3.05, 3.63) is 34.5 Å². The zero-order chi connectivity index (χ0) is 21.7. The summed E-state index contributed by atoms with van der Waals surface area (Å²) >= 11 is 0. The molecule has 0 bridgehead atoms. The van der Waals surface area contributed by atoms with Crippen LogP contribution in [0, 0.1) is 0 Å². The molecule has 2 aromatic carbocycles. The molecule has 1 aliphatic rings. The lowest BCUT2D eigenvalue weighted by molar-refractivity contribution is -0.277. The molecule has 1 saturated heterocycles. The van der Waals surface area contributed by atoms with E-state index in [1.807, 2.05) is 0 Å². The quantitative estimate of drug-likeness (QED) is 0.207. The van der Waals surface area contributed by atoms with Gasteiger partial charge in [0.25, 0.3) is 0 Å². The van der Waals surface area contributed by atoms with E-state index in [1.165, 1.54) is 12.1 Å². The minimum absolute atomic E-state index is 0.0734. The second-order valence-corrected chi connectivity index (χ2v) is 6.87. The number of fused-ring (bicyclic) bond motifs is 2. The van der Waals surface area contributed by atoms with E-state index in [9.17, 15) is 40.5 Å². The van der Waals surface area contributed by atoms with E-state index in [0.29, 0.717) is 0 Å². The first kappa shape index (κ1) is 20.2. The van der Waals surface area contributed by atoms with Crippen molar-refractivity contribution >= 4 is 21.9 Å². The SMILES string of the molecule is O=c1c2ccc(O)c(O)c2oc2cc(O[C@@H]3O[C@H](CO)[C@@H](O)[C@H](O)[C@H]3O)cc(O)c12.